The Morgan fingerprint density at radius 2 is 0.857 bits per heavy atom. The molecule has 0 fully saturated rings. The van der Waals surface area contributed by atoms with Crippen molar-refractivity contribution < 1.29 is 0 Å². The molecule has 328 valence electrons. The summed E-state index contributed by atoms with van der Waals surface area (Å²) < 4.78 is 2.67. The van der Waals surface area contributed by atoms with Crippen LogP contribution in [0.15, 0.2) is 255 Å². The first-order valence-corrected chi connectivity index (χ1v) is 25.4. The minimum absolute atomic E-state index is 0.0768. The maximum absolute atomic E-state index is 2.60. The monoisotopic (exact) mass is 907 g/mol. The molecule has 0 aliphatic heterocycles. The van der Waals surface area contributed by atoms with Gasteiger partial charge in [0.25, 0.3) is 0 Å². The van der Waals surface area contributed by atoms with Gasteiger partial charge in [0.15, 0.2) is 0 Å². The van der Waals surface area contributed by atoms with Crippen LogP contribution in [0.3, 0.4) is 0 Å². The molecule has 11 aromatic rings. The van der Waals surface area contributed by atoms with E-state index < -0.39 is 5.41 Å². The molecule has 1 nitrogen and oxygen atoms in total. The molecule has 4 aliphatic rings. The third-order valence-electron chi connectivity index (χ3n) is 16.1. The molecule has 1 atom stereocenters. The maximum Gasteiger partial charge on any atom is 0.0725 e. The number of anilines is 2. The smallest absolute Gasteiger partial charge is 0.0725 e. The number of hydrogen-bond acceptors (Lipinski definition) is 2. The molecule has 0 amide bonds. The Bertz CT molecular complexity index is 3910. The molecule has 2 heteroatoms. The molecule has 1 heterocycles. The van der Waals surface area contributed by atoms with Gasteiger partial charge in [-0.3, -0.25) is 0 Å². The molecule has 0 radical (unpaired) electrons. The molecular weight excluding hydrogens is 863 g/mol. The topological polar surface area (TPSA) is 3.24 Å². The van der Waals surface area contributed by atoms with Crippen LogP contribution in [-0.2, 0) is 10.8 Å². The molecule has 1 aromatic heterocycles. The van der Waals surface area contributed by atoms with E-state index in [1.807, 2.05) is 11.3 Å². The maximum atomic E-state index is 2.60. The Hall–Kier alpha value is -8.30. The summed E-state index contributed by atoms with van der Waals surface area (Å²) >= 11 is 1.88. The highest BCUT2D eigenvalue weighted by atomic mass is 32.1. The van der Waals surface area contributed by atoms with Crippen molar-refractivity contribution in [2.45, 2.75) is 23.3 Å². The normalized spacial score (nSPS) is 16.1. The van der Waals surface area contributed by atoms with E-state index in [1.54, 1.807) is 0 Å². The second-order valence-corrected chi connectivity index (χ2v) is 20.5. The van der Waals surface area contributed by atoms with Crippen LogP contribution in [0.1, 0.15) is 56.5 Å². The zero-order valence-corrected chi connectivity index (χ0v) is 39.2. The van der Waals surface area contributed by atoms with Crippen molar-refractivity contribution in [2.75, 3.05) is 4.90 Å². The van der Waals surface area contributed by atoms with Gasteiger partial charge in [0.2, 0.25) is 0 Å². The lowest BCUT2D eigenvalue weighted by Crippen LogP contribution is -2.31. The van der Waals surface area contributed by atoms with Gasteiger partial charge in [0.05, 0.1) is 16.9 Å². The Labute approximate surface area is 412 Å². The molecule has 15 rings (SSSR count). The lowest BCUT2D eigenvalue weighted by atomic mass is 9.67. The van der Waals surface area contributed by atoms with Crippen LogP contribution in [0.2, 0.25) is 0 Å². The number of allylic oxidation sites excluding steroid dienone is 2. The standard InChI is InChI=1S/C68H45NS/c1-2-16-46(17-3-1)67(59-24-10-4-18-51(59)52-19-5-11-25-60(52)67)47-33-37-49(38-34-47)69(48-35-30-44(31-36-48)45-32-41-66-58(42-45)56-23-9-15-29-65(56)70-66)50-39-40-64-57(43-50)55-22-8-14-28-63(55)68(64)61-26-12-6-20-53(61)54-21-7-13-27-62(54)68/h1-35,37-43,48H,36H2. The van der Waals surface area contributed by atoms with E-state index in [9.17, 15) is 0 Å². The van der Waals surface area contributed by atoms with E-state index in [-0.39, 0.29) is 11.5 Å². The van der Waals surface area contributed by atoms with E-state index >= 15 is 0 Å². The van der Waals surface area contributed by atoms with Gasteiger partial charge in [-0.1, -0.05) is 212 Å². The molecule has 1 unspecified atom stereocenters. The minimum atomic E-state index is -0.464. The minimum Gasteiger partial charge on any atom is -0.334 e. The molecular formula is C68H45NS. The van der Waals surface area contributed by atoms with Crippen LogP contribution < -0.4 is 4.90 Å². The predicted octanol–water partition coefficient (Wildman–Crippen LogP) is 17.3. The van der Waals surface area contributed by atoms with E-state index in [0.717, 1.165) is 6.42 Å². The predicted molar refractivity (Wildman–Crippen MR) is 293 cm³/mol. The highest BCUT2D eigenvalue weighted by Crippen LogP contribution is 2.63. The van der Waals surface area contributed by atoms with Gasteiger partial charge in [-0.15, -0.1) is 11.3 Å². The lowest BCUT2D eigenvalue weighted by Gasteiger charge is -2.36. The summed E-state index contributed by atoms with van der Waals surface area (Å²) in [5.74, 6) is 0. The molecule has 1 spiro atoms. The first kappa shape index (κ1) is 39.7. The summed E-state index contributed by atoms with van der Waals surface area (Å²) in [6.45, 7) is 0. The van der Waals surface area contributed by atoms with Crippen molar-refractivity contribution in [1.29, 1.82) is 0 Å². The first-order chi connectivity index (χ1) is 34.7. The van der Waals surface area contributed by atoms with Crippen molar-refractivity contribution >= 4 is 48.5 Å². The van der Waals surface area contributed by atoms with Gasteiger partial charge in [-0.25, -0.2) is 0 Å². The van der Waals surface area contributed by atoms with Crippen molar-refractivity contribution in [1.82, 2.24) is 0 Å². The quantitative estimate of drug-likeness (QED) is 0.161. The number of fused-ring (bicyclic) bond motifs is 16. The van der Waals surface area contributed by atoms with Crippen molar-refractivity contribution in [2.24, 2.45) is 0 Å². The highest BCUT2D eigenvalue weighted by molar-refractivity contribution is 7.25. The third-order valence-corrected chi connectivity index (χ3v) is 17.3. The van der Waals surface area contributed by atoms with Crippen LogP contribution in [0, 0.1) is 0 Å². The van der Waals surface area contributed by atoms with Gasteiger partial charge in [0, 0.05) is 31.5 Å². The van der Waals surface area contributed by atoms with E-state index in [1.165, 1.54) is 121 Å². The highest BCUT2D eigenvalue weighted by Gasteiger charge is 2.52. The van der Waals surface area contributed by atoms with Crippen molar-refractivity contribution in [3.8, 4) is 33.4 Å². The Balaban J connectivity index is 0.894. The number of rotatable bonds is 6. The largest absolute Gasteiger partial charge is 0.334 e. The van der Waals surface area contributed by atoms with Gasteiger partial charge < -0.3 is 4.90 Å². The number of benzene rings is 10. The van der Waals surface area contributed by atoms with Gasteiger partial charge in [0.1, 0.15) is 0 Å². The Morgan fingerprint density at radius 1 is 0.371 bits per heavy atom. The molecule has 0 saturated carbocycles. The van der Waals surface area contributed by atoms with Gasteiger partial charge in [-0.05, 0) is 138 Å². The molecule has 70 heavy (non-hydrogen) atoms. The molecule has 0 bridgehead atoms. The number of thiophene rings is 1. The fourth-order valence-electron chi connectivity index (χ4n) is 13.3. The molecule has 10 aromatic carbocycles. The average Bonchev–Trinajstić information content (AvgIpc) is 4.14. The van der Waals surface area contributed by atoms with Gasteiger partial charge >= 0.3 is 0 Å². The lowest BCUT2D eigenvalue weighted by molar-refractivity contribution is 0.764. The van der Waals surface area contributed by atoms with Gasteiger partial charge in [-0.2, -0.15) is 0 Å². The van der Waals surface area contributed by atoms with E-state index in [4.69, 9.17) is 0 Å². The summed E-state index contributed by atoms with van der Waals surface area (Å²) in [5.41, 5.74) is 22.6. The SMILES string of the molecule is C1=CC(N(c2ccc(C3(c4ccccc4)c4ccccc4-c4ccccc43)cc2)c2ccc3c(c2)-c2ccccc2C32c3ccccc3-c3ccccc32)CC=C1c1ccc2sc3ccccc3c2c1. The van der Waals surface area contributed by atoms with Crippen LogP contribution in [-0.4, -0.2) is 6.04 Å². The summed E-state index contributed by atoms with van der Waals surface area (Å²) in [6.07, 6.45) is 8.14. The number of nitrogens with zero attached hydrogens (tertiary/aromatic N) is 1. The van der Waals surface area contributed by atoms with Crippen LogP contribution >= 0.6 is 11.3 Å². The zero-order valence-electron chi connectivity index (χ0n) is 38.4. The summed E-state index contributed by atoms with van der Waals surface area (Å²) in [5, 5.41) is 2.67. The third kappa shape index (κ3) is 5.37. The molecule has 0 N–H and O–H groups in total. The first-order valence-electron chi connectivity index (χ1n) is 24.6. The second kappa shape index (κ2) is 15.1. The van der Waals surface area contributed by atoms with E-state index in [0.29, 0.717) is 0 Å². The fourth-order valence-corrected chi connectivity index (χ4v) is 14.4. The van der Waals surface area contributed by atoms with Crippen LogP contribution in [0.5, 0.6) is 0 Å². The molecule has 4 aliphatic carbocycles. The zero-order chi connectivity index (χ0) is 46.0. The van der Waals surface area contributed by atoms with E-state index in [2.05, 4.69) is 260 Å². The van der Waals surface area contributed by atoms with Crippen LogP contribution in [0.25, 0.3) is 59.1 Å². The summed E-state index contributed by atoms with van der Waals surface area (Å²) in [7, 11) is 0. The Kier molecular flexibility index (Phi) is 8.56. The number of hydrogen-bond donors (Lipinski definition) is 0. The average molecular weight is 908 g/mol. The van der Waals surface area contributed by atoms with Crippen LogP contribution in [0.4, 0.5) is 11.4 Å². The second-order valence-electron chi connectivity index (χ2n) is 19.4. The fraction of sp³-hybridized carbons (Fsp3) is 0.0588. The Morgan fingerprint density at radius 3 is 1.46 bits per heavy atom. The summed E-state index contributed by atoms with van der Waals surface area (Å²) in [6, 6.07) is 89.3. The summed E-state index contributed by atoms with van der Waals surface area (Å²) in [4.78, 5) is 2.60. The van der Waals surface area contributed by atoms with Crippen molar-refractivity contribution in [3.63, 3.8) is 0 Å². The van der Waals surface area contributed by atoms with Crippen molar-refractivity contribution in [3.05, 3.63) is 305 Å². The molecule has 0 saturated heterocycles.